The summed E-state index contributed by atoms with van der Waals surface area (Å²) < 4.78 is 10.6. The van der Waals surface area contributed by atoms with Gasteiger partial charge in [0.15, 0.2) is 5.75 Å². The molecule has 6 heteroatoms. The van der Waals surface area contributed by atoms with Crippen LogP contribution in [0.1, 0.15) is 5.56 Å². The normalized spacial score (nSPS) is 10.2. The van der Waals surface area contributed by atoms with E-state index in [0.29, 0.717) is 17.0 Å². The number of nitrogens with zero attached hydrogens (tertiary/aromatic N) is 2. The molecule has 0 atom stereocenters. The van der Waals surface area contributed by atoms with Crippen LogP contribution >= 0.6 is 0 Å². The van der Waals surface area contributed by atoms with E-state index < -0.39 is 11.2 Å². The molecule has 3 rings (SSSR count). The van der Waals surface area contributed by atoms with E-state index in [9.17, 15) is 15.2 Å². The van der Waals surface area contributed by atoms with Gasteiger partial charge in [-0.25, -0.2) is 4.98 Å². The molecule has 2 heterocycles. The first-order valence-electron chi connectivity index (χ1n) is 7.01. The summed E-state index contributed by atoms with van der Waals surface area (Å²) in [4.78, 5) is 16.1. The Morgan fingerprint density at radius 3 is 2.67 bits per heavy atom. The number of hydrogen-bond donors (Lipinski definition) is 1. The summed E-state index contributed by atoms with van der Waals surface area (Å²) >= 11 is 0. The lowest BCUT2D eigenvalue weighted by Gasteiger charge is -2.10. The van der Waals surface area contributed by atoms with Gasteiger partial charge in [-0.3, -0.25) is 4.79 Å². The molecule has 118 valence electrons. The summed E-state index contributed by atoms with van der Waals surface area (Å²) in [5, 5.41) is 19.6. The fraction of sp³-hybridized carbons (Fsp3) is 0.0556. The van der Waals surface area contributed by atoms with E-state index in [-0.39, 0.29) is 17.0 Å². The maximum atomic E-state index is 11.8. The minimum Gasteiger partial charge on any atom is -0.504 e. The van der Waals surface area contributed by atoms with Crippen molar-refractivity contribution in [2.24, 2.45) is 0 Å². The first-order valence-corrected chi connectivity index (χ1v) is 7.01. The topological polar surface area (TPSA) is 96.3 Å². The van der Waals surface area contributed by atoms with Gasteiger partial charge in [0.25, 0.3) is 0 Å². The third-order valence-corrected chi connectivity index (χ3v) is 3.46. The Hall–Kier alpha value is -3.59. The van der Waals surface area contributed by atoms with E-state index in [4.69, 9.17) is 9.15 Å². The number of ether oxygens (including phenoxy) is 1. The molecule has 1 aromatic carbocycles. The van der Waals surface area contributed by atoms with Gasteiger partial charge in [-0.15, -0.1) is 0 Å². The van der Waals surface area contributed by atoms with Crippen molar-refractivity contribution in [1.82, 2.24) is 4.98 Å². The fourth-order valence-electron chi connectivity index (χ4n) is 2.33. The van der Waals surface area contributed by atoms with Crippen LogP contribution in [0.4, 0.5) is 0 Å². The fourth-order valence-corrected chi connectivity index (χ4v) is 2.33. The van der Waals surface area contributed by atoms with Crippen molar-refractivity contribution in [2.75, 3.05) is 7.11 Å². The Morgan fingerprint density at radius 1 is 1.21 bits per heavy atom. The molecule has 0 aliphatic rings. The van der Waals surface area contributed by atoms with Crippen LogP contribution in [0.2, 0.25) is 0 Å². The number of nitriles is 1. The molecule has 0 saturated carbocycles. The quantitative estimate of drug-likeness (QED) is 0.797. The molecular weight excluding hydrogens is 308 g/mol. The summed E-state index contributed by atoms with van der Waals surface area (Å²) in [6.45, 7) is 0. The van der Waals surface area contributed by atoms with Crippen molar-refractivity contribution in [3.63, 3.8) is 0 Å². The monoisotopic (exact) mass is 320 g/mol. The van der Waals surface area contributed by atoms with Crippen LogP contribution in [0.5, 0.6) is 11.6 Å². The highest BCUT2D eigenvalue weighted by Crippen LogP contribution is 2.35. The van der Waals surface area contributed by atoms with E-state index in [0.717, 1.165) is 0 Å². The summed E-state index contributed by atoms with van der Waals surface area (Å²) in [5.41, 5.74) is 0.671. The Kier molecular flexibility index (Phi) is 4.00. The van der Waals surface area contributed by atoms with E-state index in [1.807, 2.05) is 6.07 Å². The van der Waals surface area contributed by atoms with Gasteiger partial charge >= 0.3 is 0 Å². The second kappa shape index (κ2) is 6.26. The van der Waals surface area contributed by atoms with Gasteiger partial charge in [-0.2, -0.15) is 5.26 Å². The number of rotatable bonds is 3. The van der Waals surface area contributed by atoms with Gasteiger partial charge in [0, 0.05) is 11.1 Å². The molecule has 1 N–H and O–H groups in total. The van der Waals surface area contributed by atoms with Gasteiger partial charge in [-0.1, -0.05) is 12.1 Å². The van der Waals surface area contributed by atoms with Gasteiger partial charge < -0.3 is 14.3 Å². The molecule has 2 aromatic heterocycles. The summed E-state index contributed by atoms with van der Waals surface area (Å²) in [6, 6.07) is 13.0. The molecule has 3 aromatic rings. The molecule has 0 unspecified atom stereocenters. The van der Waals surface area contributed by atoms with Crippen LogP contribution in [0, 0.1) is 11.3 Å². The van der Waals surface area contributed by atoms with E-state index in [1.165, 1.54) is 25.5 Å². The molecule has 24 heavy (non-hydrogen) atoms. The van der Waals surface area contributed by atoms with Crippen molar-refractivity contribution in [3.8, 4) is 40.3 Å². The first-order chi connectivity index (χ1) is 11.7. The summed E-state index contributed by atoms with van der Waals surface area (Å²) in [5.74, 6) is 0.111. The lowest BCUT2D eigenvalue weighted by molar-refractivity contribution is 0.397. The molecular formula is C18H12N2O4. The molecule has 0 amide bonds. The van der Waals surface area contributed by atoms with Crippen molar-refractivity contribution in [1.29, 1.82) is 5.26 Å². The zero-order chi connectivity index (χ0) is 17.1. The van der Waals surface area contributed by atoms with E-state index >= 15 is 0 Å². The average molecular weight is 320 g/mol. The predicted octanol–water partition coefficient (Wildman–Crippen LogP) is 2.95. The van der Waals surface area contributed by atoms with Gasteiger partial charge in [0.2, 0.25) is 11.3 Å². The second-order valence-electron chi connectivity index (χ2n) is 4.87. The standard InChI is InChI=1S/C18H12N2O4/c1-23-18-13(10-19)12(16-7-4-8-24-16)9-14(20-18)11-5-2-3-6-15(21)17(11)22/h2-9H,1H3,(H,21,22). The number of aromatic hydroxyl groups is 1. The van der Waals surface area contributed by atoms with Crippen molar-refractivity contribution in [3.05, 3.63) is 64.5 Å². The highest BCUT2D eigenvalue weighted by molar-refractivity contribution is 5.77. The highest BCUT2D eigenvalue weighted by atomic mass is 16.5. The molecule has 0 saturated heterocycles. The van der Waals surface area contributed by atoms with Crippen molar-refractivity contribution in [2.45, 2.75) is 0 Å². The zero-order valence-corrected chi connectivity index (χ0v) is 12.7. The smallest absolute Gasteiger partial charge is 0.232 e. The Bertz CT molecular complexity index is 989. The largest absolute Gasteiger partial charge is 0.504 e. The van der Waals surface area contributed by atoms with Crippen LogP contribution in [0.15, 0.2) is 57.9 Å². The van der Waals surface area contributed by atoms with Crippen LogP contribution in [0.3, 0.4) is 0 Å². The average Bonchev–Trinajstić information content (AvgIpc) is 3.08. The molecule has 0 aliphatic heterocycles. The lowest BCUT2D eigenvalue weighted by Crippen LogP contribution is -1.99. The summed E-state index contributed by atoms with van der Waals surface area (Å²) in [6.07, 6.45) is 1.48. The van der Waals surface area contributed by atoms with Crippen LogP contribution in [0.25, 0.3) is 22.6 Å². The van der Waals surface area contributed by atoms with Gasteiger partial charge in [-0.05, 0) is 30.3 Å². The molecule has 0 bridgehead atoms. The number of methoxy groups -OCH3 is 1. The van der Waals surface area contributed by atoms with Crippen molar-refractivity contribution < 1.29 is 14.3 Å². The minimum atomic E-state index is -0.528. The molecule has 0 aliphatic carbocycles. The third-order valence-electron chi connectivity index (χ3n) is 3.46. The maximum Gasteiger partial charge on any atom is 0.232 e. The Balaban J connectivity index is 2.35. The molecule has 0 fully saturated rings. The number of hydrogen-bond acceptors (Lipinski definition) is 6. The number of aromatic nitrogens is 1. The number of pyridine rings is 1. The van der Waals surface area contributed by atoms with E-state index in [2.05, 4.69) is 4.98 Å². The first kappa shape index (κ1) is 15.3. The van der Waals surface area contributed by atoms with Gasteiger partial charge in [0.1, 0.15) is 17.4 Å². The van der Waals surface area contributed by atoms with E-state index in [1.54, 1.807) is 30.3 Å². The zero-order valence-electron chi connectivity index (χ0n) is 12.7. The van der Waals surface area contributed by atoms with Crippen molar-refractivity contribution >= 4 is 0 Å². The highest BCUT2D eigenvalue weighted by Gasteiger charge is 2.19. The maximum absolute atomic E-state index is 11.8. The Morgan fingerprint density at radius 2 is 2.00 bits per heavy atom. The van der Waals surface area contributed by atoms with Crippen LogP contribution in [-0.4, -0.2) is 17.2 Å². The van der Waals surface area contributed by atoms with Crippen LogP contribution in [-0.2, 0) is 0 Å². The van der Waals surface area contributed by atoms with Gasteiger partial charge in [0.05, 0.1) is 19.1 Å². The second-order valence-corrected chi connectivity index (χ2v) is 4.87. The molecule has 0 radical (unpaired) electrons. The minimum absolute atomic E-state index is 0.0831. The Labute approximate surface area is 137 Å². The molecule has 6 nitrogen and oxygen atoms in total. The predicted molar refractivity (Wildman–Crippen MR) is 86.6 cm³/mol. The van der Waals surface area contributed by atoms with Crippen LogP contribution < -0.4 is 10.2 Å². The summed E-state index contributed by atoms with van der Waals surface area (Å²) in [7, 11) is 1.39. The lowest BCUT2D eigenvalue weighted by atomic mass is 10.0. The number of furan rings is 1. The third kappa shape index (κ3) is 2.59. The molecule has 0 spiro atoms. The SMILES string of the molecule is COc1nc(-c2ccccc(=O)c2O)cc(-c2ccco2)c1C#N.